The lowest BCUT2D eigenvalue weighted by Crippen LogP contribution is -2.18. The van der Waals surface area contributed by atoms with E-state index in [9.17, 15) is 5.11 Å². The molecule has 0 fully saturated rings. The average molecular weight is 211 g/mol. The summed E-state index contributed by atoms with van der Waals surface area (Å²) in [6.07, 6.45) is 2.58. The summed E-state index contributed by atoms with van der Waals surface area (Å²) in [6, 6.07) is 8.13. The minimum Gasteiger partial charge on any atom is -0.391 e. The number of aliphatic hydroxyl groups excluding tert-OH is 1. The van der Waals surface area contributed by atoms with Gasteiger partial charge < -0.3 is 10.4 Å². The summed E-state index contributed by atoms with van der Waals surface area (Å²) in [7, 11) is 0. The smallest absolute Gasteiger partial charge is 0.0709 e. The van der Waals surface area contributed by atoms with Gasteiger partial charge in [-0.05, 0) is 24.8 Å². The lowest BCUT2D eigenvalue weighted by Gasteiger charge is -2.13. The van der Waals surface area contributed by atoms with Crippen molar-refractivity contribution in [3.63, 3.8) is 0 Å². The maximum atomic E-state index is 9.41. The summed E-state index contributed by atoms with van der Waals surface area (Å²) in [5.41, 5.74) is 1.10. The Balaban J connectivity index is 2.57. The van der Waals surface area contributed by atoms with Crippen molar-refractivity contribution in [3.05, 3.63) is 24.3 Å². The third kappa shape index (κ3) is 3.24. The minimum absolute atomic E-state index is 0.259. The molecule has 78 valence electrons. The van der Waals surface area contributed by atoms with Gasteiger partial charge in [0.15, 0.2) is 0 Å². The molecule has 2 N–H and O–H groups in total. The third-order valence-corrected chi connectivity index (χ3v) is 2.90. The van der Waals surface area contributed by atoms with E-state index in [1.54, 1.807) is 11.8 Å². The first kappa shape index (κ1) is 11.4. The SMILES string of the molecule is CCC(O)CNc1ccccc1SC. The van der Waals surface area contributed by atoms with Crippen LogP contribution in [0.15, 0.2) is 29.2 Å². The van der Waals surface area contributed by atoms with Crippen molar-refractivity contribution in [3.8, 4) is 0 Å². The Bertz CT molecular complexity index is 278. The van der Waals surface area contributed by atoms with Gasteiger partial charge in [-0.1, -0.05) is 19.1 Å². The van der Waals surface area contributed by atoms with Crippen molar-refractivity contribution in [2.75, 3.05) is 18.1 Å². The molecule has 0 spiro atoms. The molecule has 0 saturated carbocycles. The molecule has 1 unspecified atom stereocenters. The quantitative estimate of drug-likeness (QED) is 0.734. The van der Waals surface area contributed by atoms with E-state index in [1.165, 1.54) is 4.90 Å². The first-order valence-electron chi connectivity index (χ1n) is 4.83. The van der Waals surface area contributed by atoms with Crippen LogP contribution in [0.4, 0.5) is 5.69 Å². The highest BCUT2D eigenvalue weighted by Crippen LogP contribution is 2.24. The standard InChI is InChI=1S/C11H17NOS/c1-3-9(13)8-12-10-6-4-5-7-11(10)14-2/h4-7,9,12-13H,3,8H2,1-2H3. The summed E-state index contributed by atoms with van der Waals surface area (Å²) in [5, 5.41) is 12.7. The second kappa shape index (κ2) is 5.94. The minimum atomic E-state index is -0.259. The molecule has 0 aliphatic carbocycles. The van der Waals surface area contributed by atoms with E-state index in [-0.39, 0.29) is 6.10 Å². The summed E-state index contributed by atoms with van der Waals surface area (Å²) in [5.74, 6) is 0. The number of hydrogen-bond donors (Lipinski definition) is 2. The molecule has 14 heavy (non-hydrogen) atoms. The Morgan fingerprint density at radius 2 is 2.14 bits per heavy atom. The fraction of sp³-hybridized carbons (Fsp3) is 0.455. The van der Waals surface area contributed by atoms with Gasteiger partial charge in [0.25, 0.3) is 0 Å². The topological polar surface area (TPSA) is 32.3 Å². The molecule has 0 bridgehead atoms. The molecule has 2 nitrogen and oxygen atoms in total. The van der Waals surface area contributed by atoms with Crippen molar-refractivity contribution in [1.82, 2.24) is 0 Å². The lowest BCUT2D eigenvalue weighted by molar-refractivity contribution is 0.183. The van der Waals surface area contributed by atoms with Crippen LogP contribution in [0.25, 0.3) is 0 Å². The number of rotatable bonds is 5. The first-order valence-corrected chi connectivity index (χ1v) is 6.05. The van der Waals surface area contributed by atoms with Crippen LogP contribution in [0.2, 0.25) is 0 Å². The molecule has 0 aliphatic rings. The van der Waals surface area contributed by atoms with Crippen LogP contribution in [0.1, 0.15) is 13.3 Å². The molecule has 0 heterocycles. The zero-order chi connectivity index (χ0) is 10.4. The molecule has 0 radical (unpaired) electrons. The van der Waals surface area contributed by atoms with Gasteiger partial charge in [0.2, 0.25) is 0 Å². The van der Waals surface area contributed by atoms with E-state index in [0.29, 0.717) is 6.54 Å². The monoisotopic (exact) mass is 211 g/mol. The molecule has 1 aromatic rings. The van der Waals surface area contributed by atoms with E-state index < -0.39 is 0 Å². The van der Waals surface area contributed by atoms with Crippen LogP contribution in [0.3, 0.4) is 0 Å². The Kier molecular flexibility index (Phi) is 4.84. The average Bonchev–Trinajstić information content (AvgIpc) is 2.26. The fourth-order valence-electron chi connectivity index (χ4n) is 1.16. The van der Waals surface area contributed by atoms with Gasteiger partial charge in [0, 0.05) is 17.1 Å². The number of aliphatic hydroxyl groups is 1. The van der Waals surface area contributed by atoms with Gasteiger partial charge in [-0.3, -0.25) is 0 Å². The highest BCUT2D eigenvalue weighted by Gasteiger charge is 2.02. The second-order valence-electron chi connectivity index (χ2n) is 3.14. The van der Waals surface area contributed by atoms with Crippen LogP contribution in [0, 0.1) is 0 Å². The fourth-order valence-corrected chi connectivity index (χ4v) is 1.74. The van der Waals surface area contributed by atoms with Crippen LogP contribution < -0.4 is 5.32 Å². The molecule has 0 amide bonds. The maximum absolute atomic E-state index is 9.41. The Hall–Kier alpha value is -0.670. The second-order valence-corrected chi connectivity index (χ2v) is 3.99. The van der Waals surface area contributed by atoms with E-state index in [2.05, 4.69) is 17.6 Å². The van der Waals surface area contributed by atoms with E-state index in [1.807, 2.05) is 25.1 Å². The molecular formula is C11H17NOS. The third-order valence-electron chi connectivity index (χ3n) is 2.11. The Morgan fingerprint density at radius 3 is 2.79 bits per heavy atom. The maximum Gasteiger partial charge on any atom is 0.0709 e. The largest absolute Gasteiger partial charge is 0.391 e. The highest BCUT2D eigenvalue weighted by molar-refractivity contribution is 7.98. The van der Waals surface area contributed by atoms with Crippen LogP contribution >= 0.6 is 11.8 Å². The summed E-state index contributed by atoms with van der Waals surface area (Å²) < 4.78 is 0. The van der Waals surface area contributed by atoms with Gasteiger partial charge in [0.1, 0.15) is 0 Å². The van der Waals surface area contributed by atoms with Crippen molar-refractivity contribution >= 4 is 17.4 Å². The molecule has 3 heteroatoms. The number of hydrogen-bond acceptors (Lipinski definition) is 3. The van der Waals surface area contributed by atoms with Gasteiger partial charge in [-0.15, -0.1) is 11.8 Å². The number of thioether (sulfide) groups is 1. The van der Waals surface area contributed by atoms with Gasteiger partial charge in [-0.2, -0.15) is 0 Å². The van der Waals surface area contributed by atoms with Crippen molar-refractivity contribution in [2.24, 2.45) is 0 Å². The zero-order valence-electron chi connectivity index (χ0n) is 8.66. The Morgan fingerprint density at radius 1 is 1.43 bits per heavy atom. The summed E-state index contributed by atoms with van der Waals surface area (Å²) >= 11 is 1.71. The van der Waals surface area contributed by atoms with Gasteiger partial charge >= 0.3 is 0 Å². The number of para-hydroxylation sites is 1. The molecule has 1 aromatic carbocycles. The highest BCUT2D eigenvalue weighted by atomic mass is 32.2. The molecule has 0 saturated heterocycles. The number of anilines is 1. The van der Waals surface area contributed by atoms with Crippen LogP contribution in [-0.2, 0) is 0 Å². The predicted octanol–water partition coefficient (Wildman–Crippen LogP) is 2.59. The van der Waals surface area contributed by atoms with Crippen molar-refractivity contribution in [2.45, 2.75) is 24.3 Å². The van der Waals surface area contributed by atoms with Gasteiger partial charge in [-0.25, -0.2) is 0 Å². The normalized spacial score (nSPS) is 12.5. The van der Waals surface area contributed by atoms with Gasteiger partial charge in [0.05, 0.1) is 6.10 Å². The van der Waals surface area contributed by atoms with Crippen molar-refractivity contribution in [1.29, 1.82) is 0 Å². The van der Waals surface area contributed by atoms with Crippen LogP contribution in [-0.4, -0.2) is 24.0 Å². The van der Waals surface area contributed by atoms with E-state index in [4.69, 9.17) is 0 Å². The molecule has 1 rings (SSSR count). The summed E-state index contributed by atoms with van der Waals surface area (Å²) in [4.78, 5) is 1.22. The summed E-state index contributed by atoms with van der Waals surface area (Å²) in [6.45, 7) is 2.60. The lowest BCUT2D eigenvalue weighted by atomic mass is 10.2. The first-order chi connectivity index (χ1) is 6.77. The zero-order valence-corrected chi connectivity index (χ0v) is 9.47. The number of nitrogens with one attached hydrogen (secondary N) is 1. The number of benzene rings is 1. The van der Waals surface area contributed by atoms with E-state index in [0.717, 1.165) is 12.1 Å². The Labute approximate surface area is 89.7 Å². The van der Waals surface area contributed by atoms with Crippen molar-refractivity contribution < 1.29 is 5.11 Å². The molecular weight excluding hydrogens is 194 g/mol. The molecule has 0 aromatic heterocycles. The molecule has 1 atom stereocenters. The predicted molar refractivity (Wildman–Crippen MR) is 63.0 cm³/mol. The van der Waals surface area contributed by atoms with Crippen LogP contribution in [0.5, 0.6) is 0 Å². The van der Waals surface area contributed by atoms with E-state index >= 15 is 0 Å². The molecule has 0 aliphatic heterocycles.